The SMILES string of the molecule is CC(C)(C)NC(=O)N(S)C(CCCCCC(=O)O)C(=O)O. The van der Waals surface area contributed by atoms with Crippen LogP contribution in [0.1, 0.15) is 52.9 Å². The molecule has 0 aromatic carbocycles. The van der Waals surface area contributed by atoms with Gasteiger partial charge in [0, 0.05) is 12.0 Å². The van der Waals surface area contributed by atoms with E-state index in [1.165, 1.54) is 0 Å². The minimum absolute atomic E-state index is 0.0623. The maximum atomic E-state index is 11.9. The Kier molecular flexibility index (Phi) is 8.16. The predicted molar refractivity (Wildman–Crippen MR) is 81.3 cm³/mol. The minimum Gasteiger partial charge on any atom is -0.481 e. The van der Waals surface area contributed by atoms with Crippen molar-refractivity contribution in [1.29, 1.82) is 0 Å². The van der Waals surface area contributed by atoms with E-state index in [0.717, 1.165) is 4.31 Å². The molecule has 7 nitrogen and oxygen atoms in total. The highest BCUT2D eigenvalue weighted by atomic mass is 32.1. The molecule has 0 radical (unpaired) electrons. The molecule has 0 saturated heterocycles. The van der Waals surface area contributed by atoms with Gasteiger partial charge >= 0.3 is 18.0 Å². The first-order valence-corrected chi connectivity index (χ1v) is 7.19. The zero-order valence-corrected chi connectivity index (χ0v) is 13.5. The molecule has 122 valence electrons. The van der Waals surface area contributed by atoms with Crippen molar-refractivity contribution in [3.8, 4) is 0 Å². The average molecular weight is 320 g/mol. The Morgan fingerprint density at radius 2 is 1.71 bits per heavy atom. The number of carboxylic acid groups (broad SMARTS) is 2. The quantitative estimate of drug-likeness (QED) is 0.405. The lowest BCUT2D eigenvalue weighted by molar-refractivity contribution is -0.141. The maximum Gasteiger partial charge on any atom is 0.328 e. The largest absolute Gasteiger partial charge is 0.481 e. The molecular formula is C13H24N2O5S. The van der Waals surface area contributed by atoms with Crippen LogP contribution in [-0.2, 0) is 9.59 Å². The van der Waals surface area contributed by atoms with Crippen LogP contribution in [0, 0.1) is 0 Å². The number of aliphatic carboxylic acids is 2. The summed E-state index contributed by atoms with van der Waals surface area (Å²) in [6.45, 7) is 5.36. The van der Waals surface area contributed by atoms with Crippen LogP contribution in [0.5, 0.6) is 0 Å². The zero-order valence-electron chi connectivity index (χ0n) is 12.6. The number of urea groups is 1. The fourth-order valence-electron chi connectivity index (χ4n) is 1.66. The number of amides is 2. The molecule has 0 spiro atoms. The van der Waals surface area contributed by atoms with E-state index in [-0.39, 0.29) is 12.8 Å². The standard InChI is InChI=1S/C13H24N2O5S/c1-13(2,3)14-12(20)15(21)9(11(18)19)7-5-4-6-8-10(16)17/h9,21H,4-8H2,1-3H3,(H,14,20)(H,16,17)(H,18,19). The van der Waals surface area contributed by atoms with Crippen molar-refractivity contribution in [3.63, 3.8) is 0 Å². The maximum absolute atomic E-state index is 11.9. The minimum atomic E-state index is -1.13. The normalized spacial score (nSPS) is 12.6. The van der Waals surface area contributed by atoms with Gasteiger partial charge in [-0.05, 0) is 33.6 Å². The fourth-order valence-corrected chi connectivity index (χ4v) is 1.92. The molecule has 0 fully saturated rings. The number of thiol groups is 1. The van der Waals surface area contributed by atoms with Crippen LogP contribution in [0.25, 0.3) is 0 Å². The smallest absolute Gasteiger partial charge is 0.328 e. The number of rotatable bonds is 8. The van der Waals surface area contributed by atoms with Gasteiger partial charge in [-0.2, -0.15) is 0 Å². The van der Waals surface area contributed by atoms with Crippen molar-refractivity contribution in [2.24, 2.45) is 0 Å². The van der Waals surface area contributed by atoms with Gasteiger partial charge in [-0.3, -0.25) is 9.10 Å². The van der Waals surface area contributed by atoms with E-state index in [1.54, 1.807) is 20.8 Å². The number of nitrogens with zero attached hydrogens (tertiary/aromatic N) is 1. The van der Waals surface area contributed by atoms with Crippen LogP contribution in [-0.4, -0.2) is 44.1 Å². The first-order valence-electron chi connectivity index (χ1n) is 6.79. The highest BCUT2D eigenvalue weighted by Crippen LogP contribution is 2.15. The molecule has 1 unspecified atom stereocenters. The third kappa shape index (κ3) is 9.17. The lowest BCUT2D eigenvalue weighted by Gasteiger charge is -2.28. The monoisotopic (exact) mass is 320 g/mol. The third-order valence-electron chi connectivity index (χ3n) is 2.64. The summed E-state index contributed by atoms with van der Waals surface area (Å²) in [7, 11) is 0. The lowest BCUT2D eigenvalue weighted by atomic mass is 10.1. The summed E-state index contributed by atoms with van der Waals surface area (Å²) in [4.78, 5) is 33.5. The van der Waals surface area contributed by atoms with Crippen molar-refractivity contribution >= 4 is 30.8 Å². The third-order valence-corrected chi connectivity index (χ3v) is 3.10. The van der Waals surface area contributed by atoms with E-state index in [2.05, 4.69) is 18.1 Å². The molecule has 21 heavy (non-hydrogen) atoms. The first-order chi connectivity index (χ1) is 9.54. The second kappa shape index (κ2) is 8.76. The Morgan fingerprint density at radius 1 is 1.14 bits per heavy atom. The summed E-state index contributed by atoms with van der Waals surface area (Å²) in [6.07, 6.45) is 1.90. The van der Waals surface area contributed by atoms with Crippen LogP contribution >= 0.6 is 12.8 Å². The van der Waals surface area contributed by atoms with Crippen LogP contribution in [0.15, 0.2) is 0 Å². The predicted octanol–water partition coefficient (Wildman–Crippen LogP) is 2.13. The molecule has 1 atom stereocenters. The Labute approximate surface area is 130 Å². The average Bonchev–Trinajstić information content (AvgIpc) is 2.29. The Bertz CT molecular complexity index is 381. The molecular weight excluding hydrogens is 296 g/mol. The number of nitrogens with one attached hydrogen (secondary N) is 1. The highest BCUT2D eigenvalue weighted by Gasteiger charge is 2.29. The van der Waals surface area contributed by atoms with Crippen LogP contribution < -0.4 is 5.32 Å². The fraction of sp³-hybridized carbons (Fsp3) is 0.769. The topological polar surface area (TPSA) is 107 Å². The van der Waals surface area contributed by atoms with Gasteiger partial charge in [-0.25, -0.2) is 9.59 Å². The summed E-state index contributed by atoms with van der Waals surface area (Å²) < 4.78 is 0.880. The molecule has 0 aliphatic heterocycles. The molecule has 0 rings (SSSR count). The number of hydrogen-bond acceptors (Lipinski definition) is 4. The molecule has 0 heterocycles. The number of carbonyl (C=O) groups is 3. The second-order valence-corrected chi connectivity index (χ2v) is 6.30. The summed E-state index contributed by atoms with van der Waals surface area (Å²) in [6, 6.07) is -1.61. The van der Waals surface area contributed by atoms with E-state index in [9.17, 15) is 19.5 Å². The van der Waals surface area contributed by atoms with Gasteiger partial charge in [0.05, 0.1) is 0 Å². The van der Waals surface area contributed by atoms with E-state index < -0.39 is 29.6 Å². The molecule has 0 bridgehead atoms. The van der Waals surface area contributed by atoms with Gasteiger partial charge in [0.2, 0.25) is 0 Å². The van der Waals surface area contributed by atoms with Gasteiger partial charge in [0.15, 0.2) is 0 Å². The molecule has 0 aliphatic rings. The second-order valence-electron chi connectivity index (χ2n) is 5.87. The Hall–Kier alpha value is -1.44. The van der Waals surface area contributed by atoms with Crippen molar-refractivity contribution in [3.05, 3.63) is 0 Å². The van der Waals surface area contributed by atoms with Crippen molar-refractivity contribution in [2.45, 2.75) is 64.5 Å². The van der Waals surface area contributed by atoms with Crippen molar-refractivity contribution in [1.82, 2.24) is 9.62 Å². The number of carboxylic acids is 2. The van der Waals surface area contributed by atoms with Gasteiger partial charge in [-0.15, -0.1) is 0 Å². The van der Waals surface area contributed by atoms with Gasteiger partial charge in [0.1, 0.15) is 6.04 Å². The van der Waals surface area contributed by atoms with Gasteiger partial charge in [-0.1, -0.05) is 25.7 Å². The van der Waals surface area contributed by atoms with Gasteiger partial charge in [0.25, 0.3) is 0 Å². The number of hydrogen-bond donors (Lipinski definition) is 4. The molecule has 0 aromatic rings. The van der Waals surface area contributed by atoms with E-state index in [0.29, 0.717) is 19.3 Å². The van der Waals surface area contributed by atoms with Crippen LogP contribution in [0.3, 0.4) is 0 Å². The summed E-state index contributed by atoms with van der Waals surface area (Å²) in [5.41, 5.74) is -0.484. The van der Waals surface area contributed by atoms with E-state index in [4.69, 9.17) is 5.11 Å². The van der Waals surface area contributed by atoms with Crippen LogP contribution in [0.4, 0.5) is 4.79 Å². The van der Waals surface area contributed by atoms with E-state index >= 15 is 0 Å². The summed E-state index contributed by atoms with van der Waals surface area (Å²) in [5.74, 6) is -2.00. The first kappa shape index (κ1) is 19.6. The lowest BCUT2D eigenvalue weighted by Crippen LogP contribution is -2.50. The Morgan fingerprint density at radius 3 is 2.14 bits per heavy atom. The summed E-state index contributed by atoms with van der Waals surface area (Å²) >= 11 is 3.98. The molecule has 3 N–H and O–H groups in total. The highest BCUT2D eigenvalue weighted by molar-refractivity contribution is 7.78. The molecule has 2 amide bonds. The zero-order chi connectivity index (χ0) is 16.6. The number of carbonyl (C=O) groups excluding carboxylic acids is 1. The summed E-state index contributed by atoms with van der Waals surface area (Å²) in [5, 5.41) is 20.3. The molecule has 8 heteroatoms. The van der Waals surface area contributed by atoms with Crippen LogP contribution in [0.2, 0.25) is 0 Å². The molecule has 0 saturated carbocycles. The Balaban J connectivity index is 4.37. The van der Waals surface area contributed by atoms with Gasteiger partial charge < -0.3 is 15.5 Å². The van der Waals surface area contributed by atoms with E-state index in [1.807, 2.05) is 0 Å². The molecule has 0 aliphatic carbocycles. The van der Waals surface area contributed by atoms with Crippen molar-refractivity contribution in [2.75, 3.05) is 0 Å². The van der Waals surface area contributed by atoms with Crippen molar-refractivity contribution < 1.29 is 24.6 Å². The molecule has 0 aromatic heterocycles. The number of unbranched alkanes of at least 4 members (excludes halogenated alkanes) is 2.